The first-order valence-electron chi connectivity index (χ1n) is 11.7. The molecule has 2 fully saturated rings. The highest BCUT2D eigenvalue weighted by molar-refractivity contribution is 7.92. The number of ether oxygens (including phenoxy) is 1. The predicted molar refractivity (Wildman–Crippen MR) is 127 cm³/mol. The van der Waals surface area contributed by atoms with E-state index in [0.717, 1.165) is 73.5 Å². The van der Waals surface area contributed by atoms with Crippen LogP contribution in [0.1, 0.15) is 54.8 Å². The van der Waals surface area contributed by atoms with Gasteiger partial charge in [-0.1, -0.05) is 18.2 Å². The second-order valence-electron chi connectivity index (χ2n) is 9.19. The summed E-state index contributed by atoms with van der Waals surface area (Å²) in [6.07, 6.45) is 6.30. The number of rotatable bonds is 8. The van der Waals surface area contributed by atoms with Gasteiger partial charge in [0.2, 0.25) is 0 Å². The molecule has 0 spiro atoms. The smallest absolute Gasteiger partial charge is 0.181 e. The molecule has 5 rings (SSSR count). The summed E-state index contributed by atoms with van der Waals surface area (Å²) in [5.74, 6) is 0.698. The second kappa shape index (κ2) is 9.41. The third kappa shape index (κ3) is 4.90. The van der Waals surface area contributed by atoms with Gasteiger partial charge >= 0.3 is 0 Å². The van der Waals surface area contributed by atoms with Gasteiger partial charge in [-0.15, -0.1) is 0 Å². The summed E-state index contributed by atoms with van der Waals surface area (Å²) in [4.78, 5) is 8.45. The van der Waals surface area contributed by atoms with E-state index in [2.05, 4.69) is 16.0 Å². The van der Waals surface area contributed by atoms with Crippen molar-refractivity contribution >= 4 is 9.84 Å². The van der Waals surface area contributed by atoms with Gasteiger partial charge in [-0.3, -0.25) is 4.98 Å². The Kier molecular flexibility index (Phi) is 6.36. The molecule has 1 aromatic carbocycles. The number of hydrogen-bond donors (Lipinski definition) is 2. The van der Waals surface area contributed by atoms with E-state index in [1.807, 2.05) is 30.3 Å². The number of nitrogens with zero attached hydrogens (tertiary/aromatic N) is 1. The lowest BCUT2D eigenvalue weighted by atomic mass is 9.83. The van der Waals surface area contributed by atoms with E-state index in [1.165, 1.54) is 0 Å². The summed E-state index contributed by atoms with van der Waals surface area (Å²) < 4.78 is 30.8. The summed E-state index contributed by atoms with van der Waals surface area (Å²) in [5, 5.41) is 9.07. The zero-order valence-corrected chi connectivity index (χ0v) is 19.4. The van der Waals surface area contributed by atoms with Gasteiger partial charge in [0, 0.05) is 31.0 Å². The molecule has 1 unspecified atom stereocenters. The molecule has 1 atom stereocenters. The van der Waals surface area contributed by atoms with Crippen LogP contribution in [0.4, 0.5) is 0 Å². The van der Waals surface area contributed by atoms with Crippen LogP contribution in [0.5, 0.6) is 0 Å². The van der Waals surface area contributed by atoms with Crippen LogP contribution in [0.25, 0.3) is 11.4 Å². The number of aromatic amines is 1. The van der Waals surface area contributed by atoms with Crippen LogP contribution >= 0.6 is 0 Å². The van der Waals surface area contributed by atoms with Crippen molar-refractivity contribution in [2.24, 2.45) is 5.92 Å². The maximum atomic E-state index is 12.6. The van der Waals surface area contributed by atoms with Crippen molar-refractivity contribution in [2.45, 2.75) is 54.8 Å². The third-order valence-electron chi connectivity index (χ3n) is 6.85. The molecule has 0 bridgehead atoms. The highest BCUT2D eigenvalue weighted by Gasteiger charge is 2.37. The third-order valence-corrected chi connectivity index (χ3v) is 9.13. The normalized spacial score (nSPS) is 18.3. The molecular formula is C26H30N2O4S. The van der Waals surface area contributed by atoms with Crippen LogP contribution < -0.4 is 0 Å². The molecule has 1 saturated heterocycles. The van der Waals surface area contributed by atoms with Crippen LogP contribution in [0.2, 0.25) is 0 Å². The molecule has 3 heterocycles. The Morgan fingerprint density at radius 3 is 2.39 bits per heavy atom. The molecule has 174 valence electrons. The standard InChI is InChI=1S/C26H30N2O4S/c29-17-19-1-8-25(27-16-19)26-10-9-24(28-26)23(15-18-11-13-32-14-12-18)20-2-4-21(5-3-20)33(30,31)22-6-7-22/h1-5,8-10,16,18,22-23,28-29H,6-7,11-15,17H2. The minimum Gasteiger partial charge on any atom is -0.392 e. The Bertz CT molecular complexity index is 1180. The zero-order valence-electron chi connectivity index (χ0n) is 18.6. The Balaban J connectivity index is 1.43. The molecule has 2 aliphatic rings. The molecule has 3 aromatic rings. The van der Waals surface area contributed by atoms with Gasteiger partial charge < -0.3 is 14.8 Å². The van der Waals surface area contributed by atoms with Gasteiger partial charge in [0.1, 0.15) is 0 Å². The summed E-state index contributed by atoms with van der Waals surface area (Å²) in [6.45, 7) is 1.57. The molecule has 2 aromatic heterocycles. The monoisotopic (exact) mass is 466 g/mol. The lowest BCUT2D eigenvalue weighted by Gasteiger charge is -2.27. The Morgan fingerprint density at radius 2 is 1.76 bits per heavy atom. The molecule has 0 radical (unpaired) electrons. The fraction of sp³-hybridized carbons (Fsp3) is 0.423. The fourth-order valence-corrected chi connectivity index (χ4v) is 6.32. The van der Waals surface area contributed by atoms with Crippen LogP contribution in [-0.4, -0.2) is 42.0 Å². The van der Waals surface area contributed by atoms with E-state index in [9.17, 15) is 13.5 Å². The SMILES string of the molecule is O=S(=O)(c1ccc(C(CC2CCOCC2)c2ccc(-c3ccc(CO)cn3)[nH]2)cc1)C1CC1. The van der Waals surface area contributed by atoms with Crippen LogP contribution in [-0.2, 0) is 21.2 Å². The highest BCUT2D eigenvalue weighted by atomic mass is 32.2. The van der Waals surface area contributed by atoms with Crippen LogP contribution in [0, 0.1) is 5.92 Å². The molecule has 2 N–H and O–H groups in total. The topological polar surface area (TPSA) is 92.3 Å². The van der Waals surface area contributed by atoms with Gasteiger partial charge in [-0.05, 0) is 79.5 Å². The van der Waals surface area contributed by atoms with Gasteiger partial charge in [-0.25, -0.2) is 8.42 Å². The number of pyridine rings is 1. The summed E-state index contributed by atoms with van der Waals surface area (Å²) in [5.41, 5.74) is 4.76. The van der Waals surface area contributed by atoms with E-state index in [4.69, 9.17) is 4.74 Å². The van der Waals surface area contributed by atoms with E-state index in [0.29, 0.717) is 10.8 Å². The van der Waals surface area contributed by atoms with Crippen molar-refractivity contribution in [3.63, 3.8) is 0 Å². The minimum atomic E-state index is -3.19. The summed E-state index contributed by atoms with van der Waals surface area (Å²) in [7, 11) is -3.19. The van der Waals surface area contributed by atoms with Crippen molar-refractivity contribution in [3.05, 3.63) is 71.5 Å². The average Bonchev–Trinajstić information content (AvgIpc) is 3.62. The van der Waals surface area contributed by atoms with E-state index >= 15 is 0 Å². The Hall–Kier alpha value is -2.48. The van der Waals surface area contributed by atoms with E-state index in [1.54, 1.807) is 18.3 Å². The fourth-order valence-electron chi connectivity index (χ4n) is 4.66. The number of H-pyrrole nitrogens is 1. The number of sulfone groups is 1. The first-order chi connectivity index (χ1) is 16.0. The first kappa shape index (κ1) is 22.3. The molecule has 1 aliphatic carbocycles. The van der Waals surface area contributed by atoms with E-state index < -0.39 is 9.84 Å². The zero-order chi connectivity index (χ0) is 22.8. The second-order valence-corrected chi connectivity index (χ2v) is 11.4. The van der Waals surface area contributed by atoms with Gasteiger partial charge in [-0.2, -0.15) is 0 Å². The Labute approximate surface area is 195 Å². The molecule has 0 amide bonds. The molecular weight excluding hydrogens is 436 g/mol. The van der Waals surface area contributed by atoms with E-state index in [-0.39, 0.29) is 17.8 Å². The van der Waals surface area contributed by atoms with Crippen molar-refractivity contribution in [1.29, 1.82) is 0 Å². The number of aliphatic hydroxyl groups excluding tert-OH is 1. The lowest BCUT2D eigenvalue weighted by Crippen LogP contribution is -2.19. The van der Waals surface area contributed by atoms with Crippen molar-refractivity contribution in [1.82, 2.24) is 9.97 Å². The maximum Gasteiger partial charge on any atom is 0.181 e. The summed E-state index contributed by atoms with van der Waals surface area (Å²) in [6, 6.07) is 15.4. The maximum absolute atomic E-state index is 12.6. The first-order valence-corrected chi connectivity index (χ1v) is 13.3. The largest absolute Gasteiger partial charge is 0.392 e. The molecule has 7 heteroatoms. The highest BCUT2D eigenvalue weighted by Crippen LogP contribution is 2.37. The van der Waals surface area contributed by atoms with Crippen LogP contribution in [0.3, 0.4) is 0 Å². The van der Waals surface area contributed by atoms with Crippen molar-refractivity contribution in [2.75, 3.05) is 13.2 Å². The predicted octanol–water partition coefficient (Wildman–Crippen LogP) is 4.45. The number of aromatic nitrogens is 2. The minimum absolute atomic E-state index is 0.0249. The molecule has 1 saturated carbocycles. The van der Waals surface area contributed by atoms with Crippen LogP contribution in [0.15, 0.2) is 59.6 Å². The lowest BCUT2D eigenvalue weighted by molar-refractivity contribution is 0.0626. The average molecular weight is 467 g/mol. The van der Waals surface area contributed by atoms with Gasteiger partial charge in [0.25, 0.3) is 0 Å². The number of benzene rings is 1. The number of nitrogens with one attached hydrogen (secondary N) is 1. The molecule has 33 heavy (non-hydrogen) atoms. The van der Waals surface area contributed by atoms with Crippen molar-refractivity contribution < 1.29 is 18.3 Å². The number of hydrogen-bond acceptors (Lipinski definition) is 5. The Morgan fingerprint density at radius 1 is 1.00 bits per heavy atom. The molecule has 6 nitrogen and oxygen atoms in total. The summed E-state index contributed by atoms with van der Waals surface area (Å²) >= 11 is 0. The van der Waals surface area contributed by atoms with Crippen molar-refractivity contribution in [3.8, 4) is 11.4 Å². The number of aliphatic hydroxyl groups is 1. The molecule has 1 aliphatic heterocycles. The van der Waals surface area contributed by atoms with Gasteiger partial charge in [0.15, 0.2) is 9.84 Å². The quantitative estimate of drug-likeness (QED) is 0.512. The van der Waals surface area contributed by atoms with Gasteiger partial charge in [0.05, 0.1) is 28.1 Å².